The van der Waals surface area contributed by atoms with Crippen LogP contribution in [-0.4, -0.2) is 39.7 Å². The van der Waals surface area contributed by atoms with Gasteiger partial charge in [-0.1, -0.05) is 0 Å². The van der Waals surface area contributed by atoms with Gasteiger partial charge in [0.15, 0.2) is 18.1 Å². The van der Waals surface area contributed by atoms with Crippen LogP contribution in [-0.2, 0) is 11.3 Å². The quantitative estimate of drug-likeness (QED) is 0.670. The highest BCUT2D eigenvalue weighted by atomic mass is 19.1. The summed E-state index contributed by atoms with van der Waals surface area (Å²) in [4.78, 5) is 23.3. The number of hydrogen-bond donors (Lipinski definition) is 3. The van der Waals surface area contributed by atoms with Gasteiger partial charge in [-0.15, -0.1) is 0 Å². The first kappa shape index (κ1) is 15.9. The zero-order chi connectivity index (χ0) is 15.1. The Labute approximate surface area is 116 Å². The monoisotopic (exact) mass is 284 g/mol. The smallest absolute Gasteiger partial charge is 0.321 e. The van der Waals surface area contributed by atoms with Crippen LogP contribution in [0.5, 0.6) is 5.75 Å². The van der Waals surface area contributed by atoms with Gasteiger partial charge in [-0.3, -0.25) is 10.1 Å². The SMILES string of the molecule is CNC(=O)NC(=O)C[NH+](C)Cc1ccc(OC)c(F)c1. The molecule has 0 bridgehead atoms. The fourth-order valence-corrected chi connectivity index (χ4v) is 1.74. The van der Waals surface area contributed by atoms with Crippen LogP contribution in [0.4, 0.5) is 9.18 Å². The Balaban J connectivity index is 2.53. The van der Waals surface area contributed by atoms with Crippen molar-refractivity contribution in [3.05, 3.63) is 29.6 Å². The lowest BCUT2D eigenvalue weighted by atomic mass is 10.2. The topological polar surface area (TPSA) is 71.9 Å². The minimum Gasteiger partial charge on any atom is -0.494 e. The summed E-state index contributed by atoms with van der Waals surface area (Å²) in [5.74, 6) is -0.646. The molecule has 0 aliphatic rings. The molecule has 0 spiro atoms. The van der Waals surface area contributed by atoms with Gasteiger partial charge in [0.2, 0.25) is 0 Å². The fraction of sp³-hybridized carbons (Fsp3) is 0.385. The van der Waals surface area contributed by atoms with E-state index in [0.29, 0.717) is 6.54 Å². The summed E-state index contributed by atoms with van der Waals surface area (Å²) in [7, 11) is 4.61. The Hall–Kier alpha value is -2.15. The number of halogens is 1. The second kappa shape index (κ2) is 7.44. The van der Waals surface area contributed by atoms with E-state index in [2.05, 4.69) is 10.6 Å². The molecule has 0 aliphatic heterocycles. The van der Waals surface area contributed by atoms with Crippen molar-refractivity contribution in [2.45, 2.75) is 6.54 Å². The van der Waals surface area contributed by atoms with Gasteiger partial charge in [-0.2, -0.15) is 0 Å². The first-order valence-electron chi connectivity index (χ1n) is 6.11. The second-order valence-electron chi connectivity index (χ2n) is 4.41. The predicted octanol–water partition coefficient (Wildman–Crippen LogP) is -0.695. The number of nitrogens with one attached hydrogen (secondary N) is 3. The lowest BCUT2D eigenvalue weighted by Gasteiger charge is -2.14. The molecule has 3 N–H and O–H groups in total. The third-order valence-corrected chi connectivity index (χ3v) is 2.66. The molecule has 0 fully saturated rings. The lowest BCUT2D eigenvalue weighted by molar-refractivity contribution is -0.885. The number of urea groups is 1. The summed E-state index contributed by atoms with van der Waals surface area (Å²) < 4.78 is 18.3. The molecule has 0 aliphatic carbocycles. The summed E-state index contributed by atoms with van der Waals surface area (Å²) in [5, 5.41) is 4.47. The largest absolute Gasteiger partial charge is 0.494 e. The summed E-state index contributed by atoms with van der Waals surface area (Å²) in [6, 6.07) is 4.11. The zero-order valence-corrected chi connectivity index (χ0v) is 11.7. The molecule has 20 heavy (non-hydrogen) atoms. The standard InChI is InChI=1S/C13H18FN3O3/c1-15-13(19)16-12(18)8-17(2)7-9-4-5-11(20-3)10(14)6-9/h4-6H,7-8H2,1-3H3,(H2,15,16,18,19)/p+1. The number of quaternary nitrogens is 1. The maximum absolute atomic E-state index is 13.5. The van der Waals surface area contributed by atoms with Crippen LogP contribution in [0.3, 0.4) is 0 Å². The van der Waals surface area contributed by atoms with Gasteiger partial charge in [0.1, 0.15) is 6.54 Å². The molecule has 3 amide bonds. The van der Waals surface area contributed by atoms with Crippen LogP contribution in [0.2, 0.25) is 0 Å². The summed E-state index contributed by atoms with van der Waals surface area (Å²) in [5.41, 5.74) is 0.744. The summed E-state index contributed by atoms with van der Waals surface area (Å²) in [6.45, 7) is 0.573. The van der Waals surface area contributed by atoms with Gasteiger partial charge >= 0.3 is 6.03 Å². The van der Waals surface area contributed by atoms with E-state index in [1.54, 1.807) is 19.2 Å². The number of likely N-dealkylation sites (N-methyl/N-ethyl adjacent to an activating group) is 1. The summed E-state index contributed by atoms with van der Waals surface area (Å²) >= 11 is 0. The minimum absolute atomic E-state index is 0.112. The van der Waals surface area contributed by atoms with Crippen LogP contribution in [0.15, 0.2) is 18.2 Å². The van der Waals surface area contributed by atoms with Crippen LogP contribution in [0.25, 0.3) is 0 Å². The van der Waals surface area contributed by atoms with Crippen LogP contribution in [0, 0.1) is 5.82 Å². The lowest BCUT2D eigenvalue weighted by Crippen LogP contribution is -3.09. The first-order valence-corrected chi connectivity index (χ1v) is 6.11. The number of amides is 3. The Bertz CT molecular complexity index is 494. The third-order valence-electron chi connectivity index (χ3n) is 2.66. The van der Waals surface area contributed by atoms with Gasteiger partial charge < -0.3 is 15.0 Å². The average Bonchev–Trinajstić information content (AvgIpc) is 2.38. The van der Waals surface area contributed by atoms with Crippen LogP contribution in [0.1, 0.15) is 5.56 Å². The van der Waals surface area contributed by atoms with Crippen molar-refractivity contribution < 1.29 is 23.6 Å². The second-order valence-corrected chi connectivity index (χ2v) is 4.41. The van der Waals surface area contributed by atoms with Gasteiger partial charge in [0.05, 0.1) is 14.2 Å². The fourth-order valence-electron chi connectivity index (χ4n) is 1.74. The predicted molar refractivity (Wildman–Crippen MR) is 71.0 cm³/mol. The first-order chi connectivity index (χ1) is 9.46. The molecule has 0 saturated heterocycles. The molecule has 1 rings (SSSR count). The Morgan fingerprint density at radius 2 is 2.10 bits per heavy atom. The number of carbonyl (C=O) groups is 2. The highest BCUT2D eigenvalue weighted by Crippen LogP contribution is 2.16. The number of rotatable bonds is 5. The number of imide groups is 1. The number of hydrogen-bond acceptors (Lipinski definition) is 3. The summed E-state index contributed by atoms with van der Waals surface area (Å²) in [6.07, 6.45) is 0. The molecule has 1 unspecified atom stereocenters. The average molecular weight is 284 g/mol. The van der Waals surface area contributed by atoms with Gasteiger partial charge in [0.25, 0.3) is 5.91 Å². The molecule has 1 atom stereocenters. The molecule has 0 heterocycles. The Morgan fingerprint density at radius 1 is 1.40 bits per heavy atom. The highest BCUT2D eigenvalue weighted by molar-refractivity contribution is 5.94. The van der Waals surface area contributed by atoms with Crippen molar-refractivity contribution in [1.82, 2.24) is 10.6 Å². The molecule has 7 heteroatoms. The molecule has 1 aromatic rings. The molecule has 0 saturated carbocycles. The zero-order valence-electron chi connectivity index (χ0n) is 11.7. The van der Waals surface area contributed by atoms with Crippen LogP contribution < -0.4 is 20.3 Å². The maximum Gasteiger partial charge on any atom is 0.321 e. The molecule has 0 aromatic heterocycles. The number of benzene rings is 1. The maximum atomic E-state index is 13.5. The highest BCUT2D eigenvalue weighted by Gasteiger charge is 2.13. The van der Waals surface area contributed by atoms with E-state index in [1.807, 2.05) is 0 Å². The van der Waals surface area contributed by atoms with Crippen LogP contribution >= 0.6 is 0 Å². The Morgan fingerprint density at radius 3 is 2.65 bits per heavy atom. The molecular formula is C13H19FN3O3+. The number of carbonyl (C=O) groups excluding carboxylic acids is 2. The molecule has 0 radical (unpaired) electrons. The van der Waals surface area contributed by atoms with E-state index >= 15 is 0 Å². The van der Waals surface area contributed by atoms with E-state index in [9.17, 15) is 14.0 Å². The van der Waals surface area contributed by atoms with Crippen molar-refractivity contribution in [1.29, 1.82) is 0 Å². The van der Waals surface area contributed by atoms with Gasteiger partial charge in [-0.25, -0.2) is 9.18 Å². The number of ether oxygens (including phenoxy) is 1. The molecule has 1 aromatic carbocycles. The third kappa shape index (κ3) is 4.85. The van der Waals surface area contributed by atoms with E-state index in [1.165, 1.54) is 20.2 Å². The van der Waals surface area contributed by atoms with E-state index in [-0.39, 0.29) is 12.3 Å². The number of methoxy groups -OCH3 is 1. The van der Waals surface area contributed by atoms with Crippen molar-refractivity contribution in [2.24, 2.45) is 0 Å². The molecular weight excluding hydrogens is 265 g/mol. The van der Waals surface area contributed by atoms with Crippen molar-refractivity contribution in [2.75, 3.05) is 27.7 Å². The minimum atomic E-state index is -0.543. The normalized spacial score (nSPS) is 11.6. The van der Waals surface area contributed by atoms with E-state index in [4.69, 9.17) is 4.74 Å². The van der Waals surface area contributed by atoms with E-state index in [0.717, 1.165) is 10.5 Å². The van der Waals surface area contributed by atoms with Crippen molar-refractivity contribution >= 4 is 11.9 Å². The Kier molecular flexibility index (Phi) is 5.92. The van der Waals surface area contributed by atoms with E-state index < -0.39 is 17.8 Å². The van der Waals surface area contributed by atoms with Crippen molar-refractivity contribution in [3.63, 3.8) is 0 Å². The van der Waals surface area contributed by atoms with Gasteiger partial charge in [-0.05, 0) is 18.2 Å². The van der Waals surface area contributed by atoms with Gasteiger partial charge in [0, 0.05) is 12.6 Å². The molecule has 110 valence electrons. The molecule has 6 nitrogen and oxygen atoms in total. The van der Waals surface area contributed by atoms with Crippen molar-refractivity contribution in [3.8, 4) is 5.75 Å².